The van der Waals surface area contributed by atoms with E-state index in [-0.39, 0.29) is 11.6 Å². The van der Waals surface area contributed by atoms with Crippen LogP contribution in [0.2, 0.25) is 0 Å². The summed E-state index contributed by atoms with van der Waals surface area (Å²) in [5.74, 6) is 0. The summed E-state index contributed by atoms with van der Waals surface area (Å²) in [5, 5.41) is 18.6. The standard InChI is InChI=1S/C4H7N3O3S/c5-11(9,10)4-1-3(2-8)6-7-4/h1,8H,2H2,(H,6,7)(H2,5,9,10). The molecule has 0 aromatic carbocycles. The SMILES string of the molecule is NS(=O)(=O)c1cc(CO)[nH]n1. The summed E-state index contributed by atoms with van der Waals surface area (Å²) in [7, 11) is -3.75. The largest absolute Gasteiger partial charge is 0.390 e. The van der Waals surface area contributed by atoms with Crippen LogP contribution in [0.4, 0.5) is 0 Å². The number of sulfonamides is 1. The summed E-state index contributed by atoms with van der Waals surface area (Å²) in [6.45, 7) is -0.289. The number of nitrogens with one attached hydrogen (secondary N) is 1. The van der Waals surface area contributed by atoms with Crippen LogP contribution in [0, 0.1) is 0 Å². The van der Waals surface area contributed by atoms with Gasteiger partial charge in [-0.25, -0.2) is 13.6 Å². The molecule has 1 heterocycles. The number of hydrogen-bond donors (Lipinski definition) is 3. The van der Waals surface area contributed by atoms with E-state index in [2.05, 4.69) is 10.2 Å². The third-order valence-electron chi connectivity index (χ3n) is 1.07. The molecule has 1 aromatic heterocycles. The quantitative estimate of drug-likeness (QED) is 0.513. The predicted octanol–water partition coefficient (Wildman–Crippen LogP) is -1.45. The fraction of sp³-hybridized carbons (Fsp3) is 0.250. The van der Waals surface area contributed by atoms with Crippen molar-refractivity contribution >= 4 is 10.0 Å². The van der Waals surface area contributed by atoms with Crippen molar-refractivity contribution in [2.45, 2.75) is 11.6 Å². The molecule has 0 aliphatic heterocycles. The minimum Gasteiger partial charge on any atom is -0.390 e. The first-order valence-electron chi connectivity index (χ1n) is 2.72. The molecule has 7 heteroatoms. The van der Waals surface area contributed by atoms with Gasteiger partial charge in [-0.15, -0.1) is 0 Å². The first kappa shape index (κ1) is 8.18. The molecule has 62 valence electrons. The van der Waals surface area contributed by atoms with Crippen LogP contribution in [0.5, 0.6) is 0 Å². The van der Waals surface area contributed by atoms with Crippen LogP contribution in [-0.4, -0.2) is 23.7 Å². The number of nitrogens with zero attached hydrogens (tertiary/aromatic N) is 1. The highest BCUT2D eigenvalue weighted by molar-refractivity contribution is 7.89. The Bertz CT molecular complexity index is 341. The molecule has 1 aromatic rings. The minimum absolute atomic E-state index is 0.262. The Morgan fingerprint density at radius 3 is 2.64 bits per heavy atom. The summed E-state index contributed by atoms with van der Waals surface area (Å²) in [4.78, 5) is 0. The van der Waals surface area contributed by atoms with E-state index in [4.69, 9.17) is 10.2 Å². The van der Waals surface area contributed by atoms with Crippen LogP contribution >= 0.6 is 0 Å². The van der Waals surface area contributed by atoms with Crippen molar-refractivity contribution in [2.24, 2.45) is 5.14 Å². The van der Waals surface area contributed by atoms with E-state index in [1.165, 1.54) is 6.07 Å². The topological polar surface area (TPSA) is 109 Å². The number of aromatic nitrogens is 2. The Kier molecular flexibility index (Phi) is 1.94. The maximum absolute atomic E-state index is 10.6. The van der Waals surface area contributed by atoms with Crippen molar-refractivity contribution in [3.05, 3.63) is 11.8 Å². The highest BCUT2D eigenvalue weighted by atomic mass is 32.2. The average molecular weight is 177 g/mol. The molecule has 0 aliphatic carbocycles. The van der Waals surface area contributed by atoms with Gasteiger partial charge in [-0.3, -0.25) is 5.10 Å². The lowest BCUT2D eigenvalue weighted by atomic mass is 10.5. The molecular formula is C4H7N3O3S. The number of H-pyrrole nitrogens is 1. The number of nitrogens with two attached hydrogens (primary N) is 1. The van der Waals surface area contributed by atoms with Crippen molar-refractivity contribution in [1.82, 2.24) is 10.2 Å². The van der Waals surface area contributed by atoms with Crippen LogP contribution in [0.1, 0.15) is 5.69 Å². The van der Waals surface area contributed by atoms with E-state index < -0.39 is 10.0 Å². The average Bonchev–Trinajstić information content (AvgIpc) is 2.32. The number of rotatable bonds is 2. The zero-order valence-electron chi connectivity index (χ0n) is 5.48. The van der Waals surface area contributed by atoms with Gasteiger partial charge in [-0.2, -0.15) is 5.10 Å². The maximum atomic E-state index is 10.6. The van der Waals surface area contributed by atoms with Crippen LogP contribution in [-0.2, 0) is 16.6 Å². The third-order valence-corrected chi connectivity index (χ3v) is 1.86. The molecule has 0 amide bonds. The first-order chi connectivity index (χ1) is 5.04. The van der Waals surface area contributed by atoms with E-state index in [0.29, 0.717) is 5.69 Å². The summed E-state index contributed by atoms with van der Waals surface area (Å²) in [5.41, 5.74) is 0.314. The number of aliphatic hydroxyl groups excluding tert-OH is 1. The van der Waals surface area contributed by atoms with Crippen molar-refractivity contribution in [3.8, 4) is 0 Å². The summed E-state index contributed by atoms with van der Waals surface area (Å²) >= 11 is 0. The van der Waals surface area contributed by atoms with E-state index in [1.54, 1.807) is 0 Å². The Hall–Kier alpha value is -0.920. The van der Waals surface area contributed by atoms with E-state index in [1.807, 2.05) is 0 Å². The normalized spacial score (nSPS) is 11.8. The molecule has 4 N–H and O–H groups in total. The first-order valence-corrected chi connectivity index (χ1v) is 4.26. The molecular weight excluding hydrogens is 170 g/mol. The molecule has 0 radical (unpaired) electrons. The molecule has 6 nitrogen and oxygen atoms in total. The Morgan fingerprint density at radius 2 is 2.36 bits per heavy atom. The Balaban J connectivity index is 3.09. The number of hydrogen-bond acceptors (Lipinski definition) is 4. The smallest absolute Gasteiger partial charge is 0.257 e. The molecule has 11 heavy (non-hydrogen) atoms. The van der Waals surface area contributed by atoms with Crippen LogP contribution in [0.3, 0.4) is 0 Å². The van der Waals surface area contributed by atoms with Gasteiger partial charge in [-0.1, -0.05) is 0 Å². The van der Waals surface area contributed by atoms with Crippen LogP contribution in [0.15, 0.2) is 11.1 Å². The van der Waals surface area contributed by atoms with Gasteiger partial charge in [0.05, 0.1) is 12.3 Å². The molecule has 0 atom stereocenters. The van der Waals surface area contributed by atoms with Crippen molar-refractivity contribution in [3.63, 3.8) is 0 Å². The zero-order chi connectivity index (χ0) is 8.48. The minimum atomic E-state index is -3.75. The van der Waals surface area contributed by atoms with Gasteiger partial charge in [0.2, 0.25) is 0 Å². The van der Waals surface area contributed by atoms with Gasteiger partial charge in [0.15, 0.2) is 5.03 Å². The molecule has 0 spiro atoms. The highest BCUT2D eigenvalue weighted by Crippen LogP contribution is 2.03. The molecule has 0 unspecified atom stereocenters. The predicted molar refractivity (Wildman–Crippen MR) is 35.9 cm³/mol. The van der Waals surface area contributed by atoms with E-state index in [0.717, 1.165) is 0 Å². The Morgan fingerprint density at radius 1 is 1.73 bits per heavy atom. The van der Waals surface area contributed by atoms with Gasteiger partial charge in [-0.05, 0) is 0 Å². The monoisotopic (exact) mass is 177 g/mol. The van der Waals surface area contributed by atoms with Crippen molar-refractivity contribution in [1.29, 1.82) is 0 Å². The van der Waals surface area contributed by atoms with Crippen molar-refractivity contribution < 1.29 is 13.5 Å². The summed E-state index contributed by atoms with van der Waals surface area (Å²) in [6, 6.07) is 1.18. The van der Waals surface area contributed by atoms with Gasteiger partial charge in [0, 0.05) is 6.07 Å². The lowest BCUT2D eigenvalue weighted by Gasteiger charge is -1.85. The lowest BCUT2D eigenvalue weighted by Crippen LogP contribution is -2.12. The second-order valence-electron chi connectivity index (χ2n) is 1.93. The number of aliphatic hydroxyl groups is 1. The van der Waals surface area contributed by atoms with Gasteiger partial charge < -0.3 is 5.11 Å². The molecule has 0 saturated heterocycles. The second kappa shape index (κ2) is 2.61. The Labute approximate surface area is 63.1 Å². The fourth-order valence-electron chi connectivity index (χ4n) is 0.567. The van der Waals surface area contributed by atoms with Gasteiger partial charge in [0.25, 0.3) is 10.0 Å². The maximum Gasteiger partial charge on any atom is 0.257 e. The van der Waals surface area contributed by atoms with Crippen LogP contribution < -0.4 is 5.14 Å². The lowest BCUT2D eigenvalue weighted by molar-refractivity contribution is 0.276. The number of primary sulfonamides is 1. The second-order valence-corrected chi connectivity index (χ2v) is 3.44. The molecule has 1 rings (SSSR count). The molecule has 0 aliphatic rings. The third kappa shape index (κ3) is 1.76. The van der Waals surface area contributed by atoms with Gasteiger partial charge in [0.1, 0.15) is 0 Å². The van der Waals surface area contributed by atoms with Crippen molar-refractivity contribution in [2.75, 3.05) is 0 Å². The molecule has 0 fully saturated rings. The summed E-state index contributed by atoms with van der Waals surface area (Å²) in [6.07, 6.45) is 0. The molecule has 0 bridgehead atoms. The van der Waals surface area contributed by atoms with E-state index in [9.17, 15) is 8.42 Å². The highest BCUT2D eigenvalue weighted by Gasteiger charge is 2.11. The van der Waals surface area contributed by atoms with Crippen LogP contribution in [0.25, 0.3) is 0 Å². The zero-order valence-corrected chi connectivity index (χ0v) is 6.30. The van der Waals surface area contributed by atoms with E-state index >= 15 is 0 Å². The number of aromatic amines is 1. The van der Waals surface area contributed by atoms with Gasteiger partial charge >= 0.3 is 0 Å². The molecule has 0 saturated carbocycles. The summed E-state index contributed by atoms with van der Waals surface area (Å²) < 4.78 is 21.2. The fourth-order valence-corrected chi connectivity index (χ4v) is 1.05.